The molecule has 0 amide bonds. The van der Waals surface area contributed by atoms with Gasteiger partial charge >= 0.3 is 12.4 Å². The predicted molar refractivity (Wildman–Crippen MR) is 55.1 cm³/mol. The fourth-order valence-electron chi connectivity index (χ4n) is 1.55. The number of benzene rings is 1. The van der Waals surface area contributed by atoms with Gasteiger partial charge in [-0.15, -0.1) is 0 Å². The number of hydrogen-bond donors (Lipinski definition) is 2. The van der Waals surface area contributed by atoms with Gasteiger partial charge in [0.15, 0.2) is 0 Å². The number of aliphatic hydroxyl groups excluding tert-OH is 1. The maximum absolute atomic E-state index is 12.6. The Balaban J connectivity index is 2.98. The Bertz CT molecular complexity index is 428. The van der Waals surface area contributed by atoms with E-state index in [0.717, 1.165) is 12.1 Å². The summed E-state index contributed by atoms with van der Waals surface area (Å²) < 4.78 is 74.5. The van der Waals surface area contributed by atoms with E-state index >= 15 is 0 Å². The molecular weight excluding hydrogens is 276 g/mol. The smallest absolute Gasteiger partial charge is 0.388 e. The Kier molecular flexibility index (Phi) is 4.46. The number of aliphatic hydroxyl groups is 1. The minimum atomic E-state index is -4.77. The quantitative estimate of drug-likeness (QED) is 0.839. The van der Waals surface area contributed by atoms with E-state index in [0.29, 0.717) is 6.07 Å². The first-order valence-electron chi connectivity index (χ1n) is 5.20. The second kappa shape index (κ2) is 5.38. The third-order valence-corrected chi connectivity index (χ3v) is 2.52. The summed E-state index contributed by atoms with van der Waals surface area (Å²) in [5.41, 5.74) is 3.00. The van der Waals surface area contributed by atoms with Crippen LogP contribution in [0.3, 0.4) is 0 Å². The molecule has 19 heavy (non-hydrogen) atoms. The summed E-state index contributed by atoms with van der Waals surface area (Å²) >= 11 is 0. The zero-order valence-electron chi connectivity index (χ0n) is 9.46. The molecule has 0 bridgehead atoms. The van der Waals surface area contributed by atoms with E-state index in [9.17, 15) is 31.4 Å². The zero-order chi connectivity index (χ0) is 14.8. The topological polar surface area (TPSA) is 46.2 Å². The van der Waals surface area contributed by atoms with E-state index < -0.39 is 42.0 Å². The number of halogens is 6. The number of alkyl halides is 6. The molecule has 0 aliphatic carbocycles. The highest BCUT2D eigenvalue weighted by atomic mass is 19.4. The van der Waals surface area contributed by atoms with Gasteiger partial charge in [-0.1, -0.05) is 18.2 Å². The van der Waals surface area contributed by atoms with Crippen LogP contribution in [0.1, 0.15) is 23.7 Å². The van der Waals surface area contributed by atoms with E-state index in [1.807, 2.05) is 0 Å². The maximum atomic E-state index is 12.6. The van der Waals surface area contributed by atoms with Crippen LogP contribution in [0.4, 0.5) is 26.3 Å². The molecule has 0 aromatic heterocycles. The molecule has 8 heteroatoms. The zero-order valence-corrected chi connectivity index (χ0v) is 9.46. The van der Waals surface area contributed by atoms with Gasteiger partial charge in [-0.2, -0.15) is 26.3 Å². The largest absolute Gasteiger partial charge is 0.416 e. The summed E-state index contributed by atoms with van der Waals surface area (Å²) in [6.07, 6.45) is -12.5. The summed E-state index contributed by atoms with van der Waals surface area (Å²) in [7, 11) is 0. The van der Waals surface area contributed by atoms with Crippen LogP contribution in [0.2, 0.25) is 0 Å². The van der Waals surface area contributed by atoms with E-state index in [1.54, 1.807) is 0 Å². The molecule has 0 aliphatic rings. The lowest BCUT2D eigenvalue weighted by molar-refractivity contribution is -0.154. The molecule has 3 N–H and O–H groups in total. The van der Waals surface area contributed by atoms with Crippen LogP contribution in [0.15, 0.2) is 24.3 Å². The van der Waals surface area contributed by atoms with Gasteiger partial charge in [-0.25, -0.2) is 0 Å². The molecule has 108 valence electrons. The van der Waals surface area contributed by atoms with Crippen molar-refractivity contribution in [1.29, 1.82) is 0 Å². The first-order valence-corrected chi connectivity index (χ1v) is 5.20. The standard InChI is InChI=1S/C11H11F6NO/c12-10(13,14)7-4-2-1-3-6(7)8(19)5-9(18)11(15,16)17/h1-4,8-9,19H,5,18H2/t8-,9-/m1/s1. The first kappa shape index (κ1) is 15.8. The normalized spacial score (nSPS) is 16.2. The molecule has 0 saturated heterocycles. The van der Waals surface area contributed by atoms with Crippen molar-refractivity contribution >= 4 is 0 Å². The van der Waals surface area contributed by atoms with Gasteiger partial charge in [0, 0.05) is 6.42 Å². The van der Waals surface area contributed by atoms with E-state index in [4.69, 9.17) is 5.73 Å². The summed E-state index contributed by atoms with van der Waals surface area (Å²) in [5.74, 6) is 0. The number of nitrogens with two attached hydrogens (primary N) is 1. The highest BCUT2D eigenvalue weighted by molar-refractivity contribution is 5.31. The van der Waals surface area contributed by atoms with Crippen molar-refractivity contribution in [3.05, 3.63) is 35.4 Å². The van der Waals surface area contributed by atoms with Crippen molar-refractivity contribution in [2.75, 3.05) is 0 Å². The Morgan fingerprint density at radius 2 is 1.58 bits per heavy atom. The highest BCUT2D eigenvalue weighted by Gasteiger charge is 2.40. The third-order valence-electron chi connectivity index (χ3n) is 2.52. The average molecular weight is 287 g/mol. The van der Waals surface area contributed by atoms with Gasteiger partial charge in [0.05, 0.1) is 11.7 Å². The second-order valence-electron chi connectivity index (χ2n) is 3.98. The van der Waals surface area contributed by atoms with Crippen LogP contribution in [-0.4, -0.2) is 17.3 Å². The van der Waals surface area contributed by atoms with E-state index in [1.165, 1.54) is 6.07 Å². The van der Waals surface area contributed by atoms with Crippen molar-refractivity contribution in [1.82, 2.24) is 0 Å². The molecule has 1 aromatic carbocycles. The molecule has 1 rings (SSSR count). The molecule has 0 heterocycles. The number of hydrogen-bond acceptors (Lipinski definition) is 2. The molecule has 0 saturated carbocycles. The molecular formula is C11H11F6NO. The van der Waals surface area contributed by atoms with Gasteiger partial charge in [-0.3, -0.25) is 0 Å². The second-order valence-corrected chi connectivity index (χ2v) is 3.98. The predicted octanol–water partition coefficient (Wildman–Crippen LogP) is 3.02. The third kappa shape index (κ3) is 4.10. The lowest BCUT2D eigenvalue weighted by atomic mass is 9.97. The van der Waals surface area contributed by atoms with Crippen LogP contribution in [-0.2, 0) is 6.18 Å². The Morgan fingerprint density at radius 3 is 2.05 bits per heavy atom. The minimum Gasteiger partial charge on any atom is -0.388 e. The first-order chi connectivity index (χ1) is 8.53. The van der Waals surface area contributed by atoms with Gasteiger partial charge < -0.3 is 10.8 Å². The van der Waals surface area contributed by atoms with Crippen LogP contribution >= 0.6 is 0 Å². The molecule has 0 spiro atoms. The molecule has 2 nitrogen and oxygen atoms in total. The Morgan fingerprint density at radius 1 is 1.05 bits per heavy atom. The molecule has 2 atom stereocenters. The lowest BCUT2D eigenvalue weighted by Crippen LogP contribution is -2.38. The number of rotatable bonds is 3. The summed E-state index contributed by atoms with van der Waals surface area (Å²) in [5, 5.41) is 9.52. The molecule has 0 radical (unpaired) electrons. The van der Waals surface area contributed by atoms with Gasteiger partial charge in [0.2, 0.25) is 0 Å². The molecule has 0 fully saturated rings. The van der Waals surface area contributed by atoms with Crippen LogP contribution < -0.4 is 5.73 Å². The molecule has 0 unspecified atom stereocenters. The van der Waals surface area contributed by atoms with Crippen molar-refractivity contribution in [3.8, 4) is 0 Å². The summed E-state index contributed by atoms with van der Waals surface area (Å²) in [4.78, 5) is 0. The van der Waals surface area contributed by atoms with Crippen molar-refractivity contribution in [2.45, 2.75) is 30.9 Å². The summed E-state index contributed by atoms with van der Waals surface area (Å²) in [6.45, 7) is 0. The highest BCUT2D eigenvalue weighted by Crippen LogP contribution is 2.36. The van der Waals surface area contributed by atoms with Gasteiger partial charge in [0.25, 0.3) is 0 Å². The van der Waals surface area contributed by atoms with Gasteiger partial charge in [-0.05, 0) is 11.6 Å². The monoisotopic (exact) mass is 287 g/mol. The van der Waals surface area contributed by atoms with Crippen LogP contribution in [0, 0.1) is 0 Å². The minimum absolute atomic E-state index is 0.616. The fraction of sp³-hybridized carbons (Fsp3) is 0.455. The molecule has 1 aromatic rings. The molecule has 0 aliphatic heterocycles. The lowest BCUT2D eigenvalue weighted by Gasteiger charge is -2.21. The van der Waals surface area contributed by atoms with Crippen LogP contribution in [0.5, 0.6) is 0 Å². The maximum Gasteiger partial charge on any atom is 0.416 e. The van der Waals surface area contributed by atoms with E-state index in [2.05, 4.69) is 0 Å². The van der Waals surface area contributed by atoms with Crippen molar-refractivity contribution in [2.24, 2.45) is 5.73 Å². The summed E-state index contributed by atoms with van der Waals surface area (Å²) in [6, 6.07) is 1.52. The van der Waals surface area contributed by atoms with Crippen molar-refractivity contribution in [3.63, 3.8) is 0 Å². The average Bonchev–Trinajstić information content (AvgIpc) is 2.26. The van der Waals surface area contributed by atoms with Crippen LogP contribution in [0.25, 0.3) is 0 Å². The SMILES string of the molecule is N[C@H](C[C@@H](O)c1ccccc1C(F)(F)F)C(F)(F)F. The fourth-order valence-corrected chi connectivity index (χ4v) is 1.55. The Labute approximate surface area is 104 Å². The van der Waals surface area contributed by atoms with Gasteiger partial charge in [0.1, 0.15) is 6.04 Å². The van der Waals surface area contributed by atoms with Crippen molar-refractivity contribution < 1.29 is 31.4 Å². The Hall–Kier alpha value is -1.28. The van der Waals surface area contributed by atoms with E-state index in [-0.39, 0.29) is 0 Å².